The van der Waals surface area contributed by atoms with Gasteiger partial charge in [0.25, 0.3) is 0 Å². The van der Waals surface area contributed by atoms with E-state index in [0.29, 0.717) is 24.5 Å². The molecule has 0 aromatic heterocycles. The van der Waals surface area contributed by atoms with E-state index in [1.807, 2.05) is 18.2 Å². The number of carbonyl (C=O) groups excluding carboxylic acids is 1. The standard InChI is InChI=1S/C20H23FN2O2.ClH/c21-16-9-7-14(8-10-16)13-25-18-5-2-4-17(12-18)23-20(24)11-15-3-1-6-19(15)22;/h2,4-5,7-10,12,15,19H,1,3,6,11,13,22H2,(H,23,24);1H/t15-,19+;/m0./s1. The predicted molar refractivity (Wildman–Crippen MR) is 103 cm³/mol. The molecule has 1 saturated carbocycles. The first-order valence-electron chi connectivity index (χ1n) is 8.63. The number of rotatable bonds is 6. The van der Waals surface area contributed by atoms with Crippen LogP contribution in [0.15, 0.2) is 48.5 Å². The van der Waals surface area contributed by atoms with E-state index in [1.165, 1.54) is 12.1 Å². The number of anilines is 1. The molecule has 0 radical (unpaired) electrons. The lowest BCUT2D eigenvalue weighted by Gasteiger charge is -2.15. The summed E-state index contributed by atoms with van der Waals surface area (Å²) in [6, 6.07) is 13.6. The second kappa shape index (κ2) is 9.55. The molecule has 1 fully saturated rings. The van der Waals surface area contributed by atoms with Gasteiger partial charge >= 0.3 is 0 Å². The lowest BCUT2D eigenvalue weighted by Crippen LogP contribution is -2.28. The predicted octanol–water partition coefficient (Wildman–Crippen LogP) is 4.28. The van der Waals surface area contributed by atoms with Crippen molar-refractivity contribution in [3.8, 4) is 5.75 Å². The van der Waals surface area contributed by atoms with E-state index in [4.69, 9.17) is 10.5 Å². The number of nitrogens with one attached hydrogen (secondary N) is 1. The lowest BCUT2D eigenvalue weighted by molar-refractivity contribution is -0.117. The zero-order chi connectivity index (χ0) is 17.6. The van der Waals surface area contributed by atoms with Crippen LogP contribution in [0.25, 0.3) is 0 Å². The van der Waals surface area contributed by atoms with Crippen molar-refractivity contribution >= 4 is 24.0 Å². The number of halogens is 2. The summed E-state index contributed by atoms with van der Waals surface area (Å²) in [6.45, 7) is 0.342. The minimum absolute atomic E-state index is 0. The van der Waals surface area contributed by atoms with E-state index in [1.54, 1.807) is 18.2 Å². The fourth-order valence-electron chi connectivity index (χ4n) is 3.18. The average Bonchev–Trinajstić information content (AvgIpc) is 2.99. The van der Waals surface area contributed by atoms with Gasteiger partial charge in [-0.05, 0) is 48.6 Å². The summed E-state index contributed by atoms with van der Waals surface area (Å²) in [5, 5.41) is 2.91. The molecule has 6 heteroatoms. The van der Waals surface area contributed by atoms with Crippen molar-refractivity contribution in [2.24, 2.45) is 11.7 Å². The Morgan fingerprint density at radius 2 is 1.96 bits per heavy atom. The smallest absolute Gasteiger partial charge is 0.224 e. The number of hydrogen-bond acceptors (Lipinski definition) is 3. The second-order valence-corrected chi connectivity index (χ2v) is 6.55. The van der Waals surface area contributed by atoms with Crippen LogP contribution >= 0.6 is 12.4 Å². The van der Waals surface area contributed by atoms with Gasteiger partial charge in [0.15, 0.2) is 0 Å². The molecule has 1 amide bonds. The minimum Gasteiger partial charge on any atom is -0.489 e. The fraction of sp³-hybridized carbons (Fsp3) is 0.350. The van der Waals surface area contributed by atoms with Gasteiger partial charge in [0.2, 0.25) is 5.91 Å². The zero-order valence-electron chi connectivity index (χ0n) is 14.5. The number of carbonyl (C=O) groups is 1. The lowest BCUT2D eigenvalue weighted by atomic mass is 10.00. The third-order valence-electron chi connectivity index (χ3n) is 4.60. The van der Waals surface area contributed by atoms with E-state index in [0.717, 1.165) is 24.8 Å². The van der Waals surface area contributed by atoms with Crippen molar-refractivity contribution in [1.82, 2.24) is 0 Å². The average molecular weight is 379 g/mol. The second-order valence-electron chi connectivity index (χ2n) is 6.55. The molecule has 2 aromatic carbocycles. The third kappa shape index (κ3) is 5.71. The summed E-state index contributed by atoms with van der Waals surface area (Å²) < 4.78 is 18.6. The first-order chi connectivity index (χ1) is 12.1. The Morgan fingerprint density at radius 1 is 1.19 bits per heavy atom. The maximum Gasteiger partial charge on any atom is 0.224 e. The van der Waals surface area contributed by atoms with Gasteiger partial charge in [-0.2, -0.15) is 0 Å². The highest BCUT2D eigenvalue weighted by atomic mass is 35.5. The molecule has 1 aliphatic rings. The van der Waals surface area contributed by atoms with Crippen molar-refractivity contribution in [3.63, 3.8) is 0 Å². The molecule has 2 atom stereocenters. The SMILES string of the molecule is Cl.N[C@@H]1CCC[C@H]1CC(=O)Nc1cccc(OCc2ccc(F)cc2)c1. The maximum atomic E-state index is 12.9. The highest BCUT2D eigenvalue weighted by Crippen LogP contribution is 2.27. The molecule has 26 heavy (non-hydrogen) atoms. The number of amides is 1. The van der Waals surface area contributed by atoms with Gasteiger partial charge in [-0.15, -0.1) is 12.4 Å². The summed E-state index contributed by atoms with van der Waals surface area (Å²) in [7, 11) is 0. The van der Waals surface area contributed by atoms with Crippen LogP contribution in [0.5, 0.6) is 5.75 Å². The number of hydrogen-bond donors (Lipinski definition) is 2. The topological polar surface area (TPSA) is 64.4 Å². The molecule has 0 heterocycles. The highest BCUT2D eigenvalue weighted by Gasteiger charge is 2.26. The van der Waals surface area contributed by atoms with Crippen LogP contribution in [0.4, 0.5) is 10.1 Å². The molecule has 4 nitrogen and oxygen atoms in total. The van der Waals surface area contributed by atoms with Crippen molar-refractivity contribution in [2.75, 3.05) is 5.32 Å². The van der Waals surface area contributed by atoms with Crippen molar-refractivity contribution < 1.29 is 13.9 Å². The summed E-state index contributed by atoms with van der Waals surface area (Å²) in [5.41, 5.74) is 7.61. The van der Waals surface area contributed by atoms with Crippen LogP contribution < -0.4 is 15.8 Å². The molecule has 0 saturated heterocycles. The van der Waals surface area contributed by atoms with E-state index in [9.17, 15) is 9.18 Å². The molecule has 0 bridgehead atoms. The van der Waals surface area contributed by atoms with Gasteiger partial charge in [0.05, 0.1) is 0 Å². The first-order valence-corrected chi connectivity index (χ1v) is 8.63. The quantitative estimate of drug-likeness (QED) is 0.788. The van der Waals surface area contributed by atoms with Crippen LogP contribution in [0, 0.1) is 11.7 Å². The number of ether oxygens (including phenoxy) is 1. The van der Waals surface area contributed by atoms with Crippen LogP contribution in [0.1, 0.15) is 31.2 Å². The number of benzene rings is 2. The largest absolute Gasteiger partial charge is 0.489 e. The van der Waals surface area contributed by atoms with Crippen LogP contribution in [-0.4, -0.2) is 11.9 Å². The summed E-state index contributed by atoms with van der Waals surface area (Å²) in [4.78, 5) is 12.2. The van der Waals surface area contributed by atoms with Gasteiger partial charge < -0.3 is 15.8 Å². The normalized spacial score (nSPS) is 18.8. The van der Waals surface area contributed by atoms with Crippen molar-refractivity contribution in [3.05, 3.63) is 59.9 Å². The van der Waals surface area contributed by atoms with E-state index < -0.39 is 0 Å². The Hall–Kier alpha value is -2.11. The summed E-state index contributed by atoms with van der Waals surface area (Å²) in [5.74, 6) is 0.645. The van der Waals surface area contributed by atoms with Gasteiger partial charge in [0.1, 0.15) is 18.2 Å². The molecule has 3 N–H and O–H groups in total. The van der Waals surface area contributed by atoms with Crippen LogP contribution in [0.2, 0.25) is 0 Å². The number of nitrogens with two attached hydrogens (primary N) is 1. The summed E-state index contributed by atoms with van der Waals surface area (Å²) in [6.07, 6.45) is 3.59. The first kappa shape index (κ1) is 20.2. The van der Waals surface area contributed by atoms with Gasteiger partial charge in [-0.25, -0.2) is 4.39 Å². The molecular formula is C20H24ClFN2O2. The van der Waals surface area contributed by atoms with E-state index in [2.05, 4.69) is 5.32 Å². The third-order valence-corrected chi connectivity index (χ3v) is 4.60. The molecule has 0 aliphatic heterocycles. The highest BCUT2D eigenvalue weighted by molar-refractivity contribution is 5.91. The van der Waals surface area contributed by atoms with E-state index >= 15 is 0 Å². The molecule has 140 valence electrons. The zero-order valence-corrected chi connectivity index (χ0v) is 15.3. The van der Waals surface area contributed by atoms with E-state index in [-0.39, 0.29) is 36.1 Å². The fourth-order valence-corrected chi connectivity index (χ4v) is 3.18. The van der Waals surface area contributed by atoms with Crippen LogP contribution in [-0.2, 0) is 11.4 Å². The van der Waals surface area contributed by atoms with Gasteiger partial charge in [-0.3, -0.25) is 4.79 Å². The van der Waals surface area contributed by atoms with Gasteiger partial charge in [0, 0.05) is 24.2 Å². The molecule has 3 rings (SSSR count). The maximum absolute atomic E-state index is 12.9. The molecule has 1 aliphatic carbocycles. The minimum atomic E-state index is -0.268. The molecule has 2 aromatic rings. The van der Waals surface area contributed by atoms with Gasteiger partial charge in [-0.1, -0.05) is 24.6 Å². The van der Waals surface area contributed by atoms with Crippen molar-refractivity contribution in [2.45, 2.75) is 38.3 Å². The molecular weight excluding hydrogens is 355 g/mol. The monoisotopic (exact) mass is 378 g/mol. The molecule has 0 unspecified atom stereocenters. The summed E-state index contributed by atoms with van der Waals surface area (Å²) >= 11 is 0. The Bertz CT molecular complexity index is 724. The Morgan fingerprint density at radius 3 is 2.65 bits per heavy atom. The molecule has 0 spiro atoms. The Kier molecular flexibility index (Phi) is 7.42. The Balaban J connectivity index is 0.00000243. The van der Waals surface area contributed by atoms with Crippen LogP contribution in [0.3, 0.4) is 0 Å². The Labute approximate surface area is 159 Å². The van der Waals surface area contributed by atoms with Crippen molar-refractivity contribution in [1.29, 1.82) is 0 Å².